The van der Waals surface area contributed by atoms with Crippen molar-refractivity contribution in [1.29, 1.82) is 0 Å². The van der Waals surface area contributed by atoms with Crippen molar-refractivity contribution in [2.45, 2.75) is 76.2 Å². The molecule has 0 aromatic rings. The van der Waals surface area contributed by atoms with Gasteiger partial charge in [-0.3, -0.25) is 28.8 Å². The van der Waals surface area contributed by atoms with Crippen LogP contribution in [0.25, 0.3) is 0 Å². The molecule has 0 spiro atoms. The first-order valence-electron chi connectivity index (χ1n) is 11.1. The van der Waals surface area contributed by atoms with Crippen molar-refractivity contribution in [3.8, 4) is 0 Å². The summed E-state index contributed by atoms with van der Waals surface area (Å²) in [5.41, 5.74) is 11.0. The highest BCUT2D eigenvalue weighted by molar-refractivity contribution is 7.80. The molecule has 10 N–H and O–H groups in total. The molecule has 35 heavy (non-hydrogen) atoms. The maximum Gasteiger partial charge on any atom is 0.325 e. The molecule has 0 aromatic heterocycles. The third-order valence-electron chi connectivity index (χ3n) is 4.87. The van der Waals surface area contributed by atoms with E-state index in [9.17, 15) is 28.8 Å². The zero-order valence-electron chi connectivity index (χ0n) is 19.8. The minimum absolute atomic E-state index is 0.0396. The number of carbonyl (C=O) groups is 6. The van der Waals surface area contributed by atoms with Gasteiger partial charge in [-0.1, -0.05) is 0 Å². The normalized spacial score (nSPS) is 15.0. The first-order valence-corrected chi connectivity index (χ1v) is 11.7. The molecule has 0 fully saturated rings. The van der Waals surface area contributed by atoms with Crippen molar-refractivity contribution in [3.63, 3.8) is 0 Å². The SMILES string of the molecule is C[C@H](NC(=O)[C@H](CCCCN)NC(=O)[C@H](CCC(=O)O)NC(=O)[C@H](C)NC(=O)[C@@H](N)CS)C(=O)O. The zero-order chi connectivity index (χ0) is 27.1. The summed E-state index contributed by atoms with van der Waals surface area (Å²) in [6.45, 7) is 2.94. The number of hydrogen-bond acceptors (Lipinski definition) is 9. The van der Waals surface area contributed by atoms with Crippen LogP contribution in [0, 0.1) is 0 Å². The van der Waals surface area contributed by atoms with Gasteiger partial charge in [-0.2, -0.15) is 12.6 Å². The fraction of sp³-hybridized carbons (Fsp3) is 0.700. The molecule has 0 saturated carbocycles. The number of unbranched alkanes of at least 4 members (excludes halogenated alkanes) is 1. The zero-order valence-corrected chi connectivity index (χ0v) is 20.7. The quantitative estimate of drug-likeness (QED) is 0.0709. The molecule has 0 aliphatic rings. The molecular weight excluding hydrogens is 484 g/mol. The number of carbonyl (C=O) groups excluding carboxylic acids is 4. The summed E-state index contributed by atoms with van der Waals surface area (Å²) in [6.07, 6.45) is 0.348. The number of rotatable bonds is 17. The fourth-order valence-corrected chi connectivity index (χ4v) is 2.88. The Labute approximate surface area is 208 Å². The van der Waals surface area contributed by atoms with Gasteiger partial charge in [0.25, 0.3) is 0 Å². The summed E-state index contributed by atoms with van der Waals surface area (Å²) in [7, 11) is 0. The van der Waals surface area contributed by atoms with Crippen LogP contribution in [0.1, 0.15) is 46.0 Å². The van der Waals surface area contributed by atoms with E-state index < -0.39 is 72.2 Å². The van der Waals surface area contributed by atoms with Crippen molar-refractivity contribution in [2.75, 3.05) is 12.3 Å². The predicted molar refractivity (Wildman–Crippen MR) is 128 cm³/mol. The van der Waals surface area contributed by atoms with Gasteiger partial charge in [-0.25, -0.2) is 0 Å². The molecule has 15 heteroatoms. The monoisotopic (exact) mass is 520 g/mol. The van der Waals surface area contributed by atoms with E-state index in [0.717, 1.165) is 0 Å². The van der Waals surface area contributed by atoms with Crippen LogP contribution in [-0.4, -0.2) is 88.3 Å². The van der Waals surface area contributed by atoms with Crippen molar-refractivity contribution >= 4 is 48.2 Å². The number of nitrogens with one attached hydrogen (secondary N) is 4. The molecule has 0 rings (SSSR count). The highest BCUT2D eigenvalue weighted by Crippen LogP contribution is 2.05. The Hall–Kier alpha value is -2.91. The number of nitrogens with two attached hydrogens (primary N) is 2. The molecule has 0 unspecified atom stereocenters. The van der Waals surface area contributed by atoms with E-state index >= 15 is 0 Å². The highest BCUT2D eigenvalue weighted by Gasteiger charge is 2.30. The average Bonchev–Trinajstić information content (AvgIpc) is 2.79. The molecule has 0 aliphatic carbocycles. The molecule has 0 heterocycles. The Kier molecular flexibility index (Phi) is 15.3. The van der Waals surface area contributed by atoms with E-state index in [-0.39, 0.29) is 18.6 Å². The molecule has 0 saturated heterocycles. The lowest BCUT2D eigenvalue weighted by Crippen LogP contribution is -2.58. The van der Waals surface area contributed by atoms with Gasteiger partial charge in [0.15, 0.2) is 0 Å². The van der Waals surface area contributed by atoms with Crippen LogP contribution < -0.4 is 32.7 Å². The van der Waals surface area contributed by atoms with E-state index in [1.165, 1.54) is 13.8 Å². The van der Waals surface area contributed by atoms with Gasteiger partial charge in [-0.05, 0) is 46.1 Å². The summed E-state index contributed by atoms with van der Waals surface area (Å²) in [6, 6.07) is -5.77. The van der Waals surface area contributed by atoms with Gasteiger partial charge in [0, 0.05) is 12.2 Å². The molecule has 0 bridgehead atoms. The van der Waals surface area contributed by atoms with Gasteiger partial charge < -0.3 is 42.9 Å². The van der Waals surface area contributed by atoms with Crippen LogP contribution in [0.5, 0.6) is 0 Å². The first kappa shape index (κ1) is 32.1. The number of thiol groups is 1. The minimum Gasteiger partial charge on any atom is -0.481 e. The van der Waals surface area contributed by atoms with E-state index in [2.05, 4.69) is 33.9 Å². The smallest absolute Gasteiger partial charge is 0.325 e. The molecule has 14 nitrogen and oxygen atoms in total. The Bertz CT molecular complexity index is 768. The van der Waals surface area contributed by atoms with Crippen LogP contribution >= 0.6 is 12.6 Å². The van der Waals surface area contributed by atoms with Crippen LogP contribution in [0.3, 0.4) is 0 Å². The van der Waals surface area contributed by atoms with Gasteiger partial charge in [0.2, 0.25) is 23.6 Å². The summed E-state index contributed by atoms with van der Waals surface area (Å²) in [5, 5.41) is 27.5. The second kappa shape index (κ2) is 16.7. The molecule has 5 atom stereocenters. The topological polar surface area (TPSA) is 243 Å². The van der Waals surface area contributed by atoms with Gasteiger partial charge >= 0.3 is 11.9 Å². The molecular formula is C20H36N6O8S. The number of carboxylic acid groups (broad SMARTS) is 2. The van der Waals surface area contributed by atoms with Crippen LogP contribution in [-0.2, 0) is 28.8 Å². The van der Waals surface area contributed by atoms with Crippen molar-refractivity contribution in [3.05, 3.63) is 0 Å². The second-order valence-electron chi connectivity index (χ2n) is 7.93. The number of aliphatic carboxylic acids is 2. The van der Waals surface area contributed by atoms with Gasteiger partial charge in [-0.15, -0.1) is 0 Å². The van der Waals surface area contributed by atoms with Crippen LogP contribution in [0.15, 0.2) is 0 Å². The molecule has 200 valence electrons. The summed E-state index contributed by atoms with van der Waals surface area (Å²) in [5.74, 6) is -5.47. The maximum atomic E-state index is 12.9. The van der Waals surface area contributed by atoms with E-state index in [4.69, 9.17) is 21.7 Å². The minimum atomic E-state index is -1.35. The molecule has 4 amide bonds. The van der Waals surface area contributed by atoms with Crippen molar-refractivity contribution in [2.24, 2.45) is 11.5 Å². The van der Waals surface area contributed by atoms with Gasteiger partial charge in [0.1, 0.15) is 24.2 Å². The molecule has 0 aliphatic heterocycles. The lowest BCUT2D eigenvalue weighted by molar-refractivity contribution is -0.141. The molecule has 0 radical (unpaired) electrons. The number of amides is 4. The number of hydrogen-bond donors (Lipinski definition) is 9. The predicted octanol–water partition coefficient (Wildman–Crippen LogP) is -2.70. The van der Waals surface area contributed by atoms with E-state index in [1.54, 1.807) is 0 Å². The third kappa shape index (κ3) is 12.9. The molecule has 0 aromatic carbocycles. The Morgan fingerprint density at radius 2 is 1.29 bits per heavy atom. The van der Waals surface area contributed by atoms with Crippen LogP contribution in [0.4, 0.5) is 0 Å². The van der Waals surface area contributed by atoms with Crippen molar-refractivity contribution in [1.82, 2.24) is 21.3 Å². The van der Waals surface area contributed by atoms with Crippen molar-refractivity contribution < 1.29 is 39.0 Å². The largest absolute Gasteiger partial charge is 0.481 e. The summed E-state index contributed by atoms with van der Waals surface area (Å²) < 4.78 is 0. The Morgan fingerprint density at radius 1 is 0.771 bits per heavy atom. The summed E-state index contributed by atoms with van der Waals surface area (Å²) in [4.78, 5) is 72.0. The van der Waals surface area contributed by atoms with E-state index in [0.29, 0.717) is 19.4 Å². The maximum absolute atomic E-state index is 12.9. The fourth-order valence-electron chi connectivity index (χ4n) is 2.71. The first-order chi connectivity index (χ1) is 16.3. The lowest BCUT2D eigenvalue weighted by atomic mass is 10.1. The lowest BCUT2D eigenvalue weighted by Gasteiger charge is -2.25. The average molecular weight is 521 g/mol. The van der Waals surface area contributed by atoms with E-state index in [1.807, 2.05) is 0 Å². The van der Waals surface area contributed by atoms with Gasteiger partial charge in [0.05, 0.1) is 6.04 Å². The second-order valence-corrected chi connectivity index (χ2v) is 8.29. The summed E-state index contributed by atoms with van der Waals surface area (Å²) >= 11 is 3.90. The highest BCUT2D eigenvalue weighted by atomic mass is 32.1. The standard InChI is InChI=1S/C20H36N6O8S/c1-10(23-17(30)12(22)9-35)16(29)25-14(6-7-15(27)28)19(32)26-13(5-3-4-8-21)18(31)24-11(2)20(33)34/h10-14,35H,3-9,21-22H2,1-2H3,(H,23,30)(H,24,31)(H,25,29)(H,26,32)(H,27,28)(H,33,34)/t10-,11-,12-,13-,14-/m0/s1. The third-order valence-corrected chi connectivity index (χ3v) is 5.27. The Morgan fingerprint density at radius 3 is 1.80 bits per heavy atom. The van der Waals surface area contributed by atoms with Crippen LogP contribution in [0.2, 0.25) is 0 Å². The number of carboxylic acids is 2. The Balaban J connectivity index is 5.47.